The lowest BCUT2D eigenvalue weighted by Crippen LogP contribution is -2.44. The van der Waals surface area contributed by atoms with Gasteiger partial charge in [0.25, 0.3) is 0 Å². The van der Waals surface area contributed by atoms with Gasteiger partial charge < -0.3 is 0 Å². The van der Waals surface area contributed by atoms with Crippen LogP contribution in [0.4, 0.5) is 0 Å². The number of rotatable bonds is 3. The van der Waals surface area contributed by atoms with Crippen LogP contribution in [0, 0.1) is 6.92 Å². The van der Waals surface area contributed by atoms with Crippen LogP contribution in [0.3, 0.4) is 0 Å². The largest absolute Gasteiger partial charge is 0.309 e. The number of tetrazole rings is 2. The molecule has 0 aliphatic carbocycles. The van der Waals surface area contributed by atoms with Crippen molar-refractivity contribution in [3.8, 4) is 23.0 Å². The van der Waals surface area contributed by atoms with Gasteiger partial charge in [-0.3, -0.25) is 0 Å². The Morgan fingerprint density at radius 1 is 1.00 bits per heavy atom. The molecule has 0 radical (unpaired) electrons. The molecule has 0 aliphatic heterocycles. The molecule has 0 atom stereocenters. The minimum absolute atomic E-state index is 0.264. The average molecular weight is 304 g/mol. The van der Waals surface area contributed by atoms with Gasteiger partial charge in [0.15, 0.2) is 0 Å². The Morgan fingerprint density at radius 3 is 2.48 bits per heavy atom. The monoisotopic (exact) mass is 304 g/mol. The quantitative estimate of drug-likeness (QED) is 0.517. The molecule has 2 heterocycles. The Morgan fingerprint density at radius 2 is 1.78 bits per heavy atom. The highest BCUT2D eigenvalue weighted by Gasteiger charge is 2.15. The molecule has 8 nitrogen and oxygen atoms in total. The average Bonchev–Trinajstić information content (AvgIpc) is 3.26. The molecule has 0 spiro atoms. The Labute approximate surface area is 131 Å². The van der Waals surface area contributed by atoms with Crippen molar-refractivity contribution >= 4 is 0 Å². The summed E-state index contributed by atoms with van der Waals surface area (Å²) in [4.78, 5) is 3.10. The minimum Gasteiger partial charge on any atom is -0.146 e. The lowest BCUT2D eigenvalue weighted by Gasteiger charge is -2.04. The van der Waals surface area contributed by atoms with E-state index in [-0.39, 0.29) is 5.95 Å². The fraction of sp³-hybridized carbons (Fsp3) is 0.0667. The predicted molar refractivity (Wildman–Crippen MR) is 79.8 cm³/mol. The molecule has 0 N–H and O–H groups in total. The van der Waals surface area contributed by atoms with Crippen LogP contribution < -0.4 is 9.90 Å². The smallest absolute Gasteiger partial charge is 0.146 e. The molecule has 112 valence electrons. The van der Waals surface area contributed by atoms with Crippen LogP contribution in [0.25, 0.3) is 23.0 Å². The Kier molecular flexibility index (Phi) is 3.12. The van der Waals surface area contributed by atoms with E-state index in [4.69, 9.17) is 0 Å². The summed E-state index contributed by atoms with van der Waals surface area (Å²) in [6.45, 7) is 2.03. The molecule has 4 aromatic rings. The number of benzene rings is 2. The molecule has 4 rings (SSSR count). The molecule has 0 amide bonds. The normalized spacial score (nSPS) is 10.8. The van der Waals surface area contributed by atoms with E-state index in [2.05, 4.69) is 30.8 Å². The lowest BCUT2D eigenvalue weighted by atomic mass is 10.2. The van der Waals surface area contributed by atoms with E-state index in [9.17, 15) is 0 Å². The first-order valence-electron chi connectivity index (χ1n) is 7.02. The van der Waals surface area contributed by atoms with Gasteiger partial charge in [-0.05, 0) is 29.5 Å². The first kappa shape index (κ1) is 13.3. The summed E-state index contributed by atoms with van der Waals surface area (Å²) in [5, 5.41) is 23.8. The highest BCUT2D eigenvalue weighted by Crippen LogP contribution is 2.14. The fourth-order valence-electron chi connectivity index (χ4n) is 2.18. The molecule has 2 aromatic heterocycles. The van der Waals surface area contributed by atoms with Gasteiger partial charge in [-0.1, -0.05) is 58.2 Å². The van der Waals surface area contributed by atoms with Gasteiger partial charge in [-0.15, -0.1) is 19.8 Å². The summed E-state index contributed by atoms with van der Waals surface area (Å²) in [5.74, 6) is 0.830. The van der Waals surface area contributed by atoms with Gasteiger partial charge in [-0.2, -0.15) is 0 Å². The van der Waals surface area contributed by atoms with Crippen LogP contribution >= 0.6 is 0 Å². The third-order valence-corrected chi connectivity index (χ3v) is 3.34. The molecule has 0 bridgehead atoms. The van der Waals surface area contributed by atoms with Crippen molar-refractivity contribution in [3.05, 3.63) is 60.2 Å². The van der Waals surface area contributed by atoms with Crippen molar-refractivity contribution in [3.63, 3.8) is 0 Å². The molecule has 0 saturated carbocycles. The first-order valence-corrected chi connectivity index (χ1v) is 7.02. The number of aryl methyl sites for hydroxylation is 1. The third kappa shape index (κ3) is 2.46. The number of hydrogen-bond donors (Lipinski definition) is 0. The second-order valence-electron chi connectivity index (χ2n) is 4.98. The molecule has 8 heteroatoms. The zero-order chi connectivity index (χ0) is 15.6. The van der Waals surface area contributed by atoms with Crippen LogP contribution in [0.5, 0.6) is 0 Å². The van der Waals surface area contributed by atoms with Crippen molar-refractivity contribution < 1.29 is 4.80 Å². The topological polar surface area (TPSA) is 87.4 Å². The summed E-state index contributed by atoms with van der Waals surface area (Å²) < 4.78 is 0. The van der Waals surface area contributed by atoms with E-state index in [1.54, 1.807) is 4.80 Å². The van der Waals surface area contributed by atoms with Crippen molar-refractivity contribution in [2.24, 2.45) is 0 Å². The van der Waals surface area contributed by atoms with E-state index in [0.29, 0.717) is 5.82 Å². The van der Waals surface area contributed by atoms with Gasteiger partial charge in [0.05, 0.1) is 5.69 Å². The fourth-order valence-corrected chi connectivity index (χ4v) is 2.18. The summed E-state index contributed by atoms with van der Waals surface area (Å²) in [6.07, 6.45) is 0. The molecule has 0 unspecified atom stereocenters. The number of hydrogen-bond acceptors (Lipinski definition) is 5. The van der Waals surface area contributed by atoms with Crippen molar-refractivity contribution in [1.82, 2.24) is 35.6 Å². The standard InChI is InChI=1S/C15H12N8/c1-11-7-9-13(10-8-11)22-18-14(12-5-3-2-4-6-12)19-23(22)15-16-20-21-17-15/h2-10H,1H3. The Balaban J connectivity index is 1.89. The molecule has 2 aromatic carbocycles. The summed E-state index contributed by atoms with van der Waals surface area (Å²) in [5.41, 5.74) is 2.91. The molecular weight excluding hydrogens is 292 g/mol. The first-order chi connectivity index (χ1) is 11.3. The Hall–Kier alpha value is -3.42. The summed E-state index contributed by atoms with van der Waals surface area (Å²) in [7, 11) is 0. The number of aromatic nitrogens is 8. The molecule has 0 saturated heterocycles. The van der Waals surface area contributed by atoms with Crippen molar-refractivity contribution in [2.45, 2.75) is 6.92 Å². The SMILES string of the molecule is Cc1ccc(-n2nc(-c3ccccc3)n[n+]2-c2nnn[n-]2)cc1. The van der Waals surface area contributed by atoms with E-state index < -0.39 is 0 Å². The van der Waals surface area contributed by atoms with Crippen molar-refractivity contribution in [2.75, 3.05) is 0 Å². The van der Waals surface area contributed by atoms with Gasteiger partial charge >= 0.3 is 5.95 Å². The summed E-state index contributed by atoms with van der Waals surface area (Å²) in [6, 6.07) is 17.6. The summed E-state index contributed by atoms with van der Waals surface area (Å²) >= 11 is 0. The molecule has 0 aliphatic rings. The minimum atomic E-state index is 0.264. The second-order valence-corrected chi connectivity index (χ2v) is 4.98. The van der Waals surface area contributed by atoms with Crippen LogP contribution in [0.15, 0.2) is 54.6 Å². The zero-order valence-electron chi connectivity index (χ0n) is 12.3. The molecule has 23 heavy (non-hydrogen) atoms. The predicted octanol–water partition coefficient (Wildman–Crippen LogP) is 0.662. The van der Waals surface area contributed by atoms with Crippen LogP contribution in [0.2, 0.25) is 0 Å². The van der Waals surface area contributed by atoms with Crippen LogP contribution in [-0.4, -0.2) is 30.5 Å². The van der Waals surface area contributed by atoms with E-state index in [1.807, 2.05) is 61.5 Å². The van der Waals surface area contributed by atoms with Crippen LogP contribution in [-0.2, 0) is 0 Å². The third-order valence-electron chi connectivity index (χ3n) is 3.34. The number of nitrogens with zero attached hydrogens (tertiary/aromatic N) is 8. The molecular formula is C15H12N8. The Bertz CT molecular complexity index is 910. The zero-order valence-corrected chi connectivity index (χ0v) is 12.3. The van der Waals surface area contributed by atoms with Gasteiger partial charge in [0, 0.05) is 5.56 Å². The second kappa shape index (κ2) is 5.41. The van der Waals surface area contributed by atoms with E-state index in [1.165, 1.54) is 4.80 Å². The lowest BCUT2D eigenvalue weighted by molar-refractivity contribution is -0.741. The van der Waals surface area contributed by atoms with E-state index >= 15 is 0 Å². The van der Waals surface area contributed by atoms with Crippen LogP contribution in [0.1, 0.15) is 5.56 Å². The maximum absolute atomic E-state index is 4.57. The van der Waals surface area contributed by atoms with Gasteiger partial charge in [-0.25, -0.2) is 0 Å². The van der Waals surface area contributed by atoms with Gasteiger partial charge in [0.2, 0.25) is 5.82 Å². The highest BCUT2D eigenvalue weighted by molar-refractivity contribution is 5.53. The maximum Gasteiger partial charge on any atom is 0.309 e. The van der Waals surface area contributed by atoms with Gasteiger partial charge in [0.1, 0.15) is 0 Å². The maximum atomic E-state index is 4.57. The van der Waals surface area contributed by atoms with Crippen molar-refractivity contribution in [1.29, 1.82) is 0 Å². The van der Waals surface area contributed by atoms with E-state index in [0.717, 1.165) is 16.8 Å². The molecule has 0 fully saturated rings. The highest BCUT2D eigenvalue weighted by atomic mass is 15.7.